The molecule has 0 amide bonds. The highest BCUT2D eigenvalue weighted by Gasteiger charge is 2.33. The Hall–Kier alpha value is -1.94. The molecule has 0 spiro atoms. The summed E-state index contributed by atoms with van der Waals surface area (Å²) in [6.07, 6.45) is 6.21. The molecule has 0 aliphatic carbocycles. The molecule has 1 heterocycles. The summed E-state index contributed by atoms with van der Waals surface area (Å²) in [6.45, 7) is 3.55. The Kier molecular flexibility index (Phi) is 7.64. The second kappa shape index (κ2) is 10.4. The quantitative estimate of drug-likeness (QED) is 0.679. The molecule has 0 aromatic heterocycles. The first-order chi connectivity index (χ1) is 13.2. The van der Waals surface area contributed by atoms with Crippen molar-refractivity contribution >= 4 is 6.08 Å². The molecule has 0 saturated carbocycles. The monoisotopic (exact) mass is 366 g/mol. The van der Waals surface area contributed by atoms with E-state index in [0.717, 1.165) is 31.4 Å². The molecular formula is C24H30O3. The summed E-state index contributed by atoms with van der Waals surface area (Å²) < 4.78 is 12.0. The Morgan fingerprint density at radius 3 is 2.52 bits per heavy atom. The van der Waals surface area contributed by atoms with E-state index in [0.29, 0.717) is 12.5 Å². The fraction of sp³-hybridized carbons (Fsp3) is 0.417. The first-order valence-electron chi connectivity index (χ1n) is 9.91. The summed E-state index contributed by atoms with van der Waals surface area (Å²) in [6, 6.07) is 20.4. The molecule has 4 atom stereocenters. The van der Waals surface area contributed by atoms with Gasteiger partial charge >= 0.3 is 0 Å². The van der Waals surface area contributed by atoms with Crippen LogP contribution in [0.4, 0.5) is 0 Å². The van der Waals surface area contributed by atoms with Gasteiger partial charge in [0, 0.05) is 6.61 Å². The summed E-state index contributed by atoms with van der Waals surface area (Å²) in [5.41, 5.74) is 2.33. The number of hydrogen-bond donors (Lipinski definition) is 1. The van der Waals surface area contributed by atoms with Gasteiger partial charge < -0.3 is 14.6 Å². The number of hydrogen-bond acceptors (Lipinski definition) is 3. The minimum atomic E-state index is -0.439. The van der Waals surface area contributed by atoms with Crippen LogP contribution in [-0.4, -0.2) is 30.0 Å². The number of benzene rings is 2. The zero-order valence-corrected chi connectivity index (χ0v) is 16.0. The van der Waals surface area contributed by atoms with Gasteiger partial charge in [-0.1, -0.05) is 79.7 Å². The third-order valence-electron chi connectivity index (χ3n) is 5.13. The molecular weight excluding hydrogens is 336 g/mol. The Morgan fingerprint density at radius 2 is 1.78 bits per heavy atom. The highest BCUT2D eigenvalue weighted by molar-refractivity contribution is 5.49. The lowest BCUT2D eigenvalue weighted by molar-refractivity contribution is -0.124. The molecule has 2 aromatic rings. The Bertz CT molecular complexity index is 683. The Labute approximate surface area is 162 Å². The van der Waals surface area contributed by atoms with E-state index in [1.807, 2.05) is 48.6 Å². The fourth-order valence-electron chi connectivity index (χ4n) is 3.54. The van der Waals surface area contributed by atoms with Crippen molar-refractivity contribution in [1.82, 2.24) is 0 Å². The van der Waals surface area contributed by atoms with Gasteiger partial charge in [-0.15, -0.1) is 0 Å². The SMILES string of the molecule is C[C@H]1C[C@H](O)[C@@H](/C=C/c2ccccc2)O[C@H]1CCCOCc1ccccc1. The van der Waals surface area contributed by atoms with Crippen molar-refractivity contribution in [2.45, 2.75) is 51.1 Å². The van der Waals surface area contributed by atoms with Crippen LogP contribution >= 0.6 is 0 Å². The normalized spacial score (nSPS) is 25.7. The van der Waals surface area contributed by atoms with E-state index >= 15 is 0 Å². The molecule has 0 radical (unpaired) electrons. The van der Waals surface area contributed by atoms with Crippen molar-refractivity contribution in [3.05, 3.63) is 77.9 Å². The second-order valence-corrected chi connectivity index (χ2v) is 7.37. The second-order valence-electron chi connectivity index (χ2n) is 7.37. The van der Waals surface area contributed by atoms with Gasteiger partial charge in [-0.05, 0) is 36.3 Å². The van der Waals surface area contributed by atoms with Crippen LogP contribution in [0.5, 0.6) is 0 Å². The number of ether oxygens (including phenoxy) is 2. The van der Waals surface area contributed by atoms with Crippen LogP contribution in [0.2, 0.25) is 0 Å². The summed E-state index contributed by atoms with van der Waals surface area (Å²) in [7, 11) is 0. The van der Waals surface area contributed by atoms with Gasteiger partial charge in [0.05, 0.1) is 18.8 Å². The van der Waals surface area contributed by atoms with Crippen LogP contribution < -0.4 is 0 Å². The van der Waals surface area contributed by atoms with E-state index in [1.165, 1.54) is 5.56 Å². The van der Waals surface area contributed by atoms with Crippen LogP contribution in [-0.2, 0) is 16.1 Å². The van der Waals surface area contributed by atoms with Crippen molar-refractivity contribution < 1.29 is 14.6 Å². The lowest BCUT2D eigenvalue weighted by Gasteiger charge is -2.37. The van der Waals surface area contributed by atoms with Crippen LogP contribution in [0, 0.1) is 5.92 Å². The van der Waals surface area contributed by atoms with E-state index in [9.17, 15) is 5.11 Å². The van der Waals surface area contributed by atoms with Gasteiger partial charge in [0.2, 0.25) is 0 Å². The molecule has 3 rings (SSSR count). The molecule has 3 nitrogen and oxygen atoms in total. The number of rotatable bonds is 8. The predicted octanol–water partition coefficient (Wildman–Crippen LogP) is 4.85. The largest absolute Gasteiger partial charge is 0.390 e. The Morgan fingerprint density at radius 1 is 1.07 bits per heavy atom. The summed E-state index contributed by atoms with van der Waals surface area (Å²) in [5, 5.41) is 10.4. The van der Waals surface area contributed by atoms with Crippen molar-refractivity contribution in [3.8, 4) is 0 Å². The summed E-state index contributed by atoms with van der Waals surface area (Å²) >= 11 is 0. The molecule has 0 bridgehead atoms. The van der Waals surface area contributed by atoms with Crippen molar-refractivity contribution in [2.75, 3.05) is 6.61 Å². The first kappa shape index (κ1) is 19.8. The van der Waals surface area contributed by atoms with Gasteiger partial charge in [0.15, 0.2) is 0 Å². The smallest absolute Gasteiger partial charge is 0.102 e. The molecule has 1 saturated heterocycles. The van der Waals surface area contributed by atoms with Gasteiger partial charge in [-0.25, -0.2) is 0 Å². The molecule has 27 heavy (non-hydrogen) atoms. The highest BCUT2D eigenvalue weighted by atomic mass is 16.5. The molecule has 0 unspecified atom stereocenters. The number of aliphatic hydroxyl groups excluding tert-OH is 1. The molecule has 3 heteroatoms. The third-order valence-corrected chi connectivity index (χ3v) is 5.13. The molecule has 144 valence electrons. The number of aliphatic hydroxyl groups is 1. The zero-order valence-electron chi connectivity index (χ0n) is 16.0. The zero-order chi connectivity index (χ0) is 18.9. The minimum Gasteiger partial charge on any atom is -0.390 e. The fourth-order valence-corrected chi connectivity index (χ4v) is 3.54. The summed E-state index contributed by atoms with van der Waals surface area (Å²) in [4.78, 5) is 0. The van der Waals surface area contributed by atoms with E-state index < -0.39 is 6.10 Å². The molecule has 1 fully saturated rings. The van der Waals surface area contributed by atoms with Crippen molar-refractivity contribution in [2.24, 2.45) is 5.92 Å². The maximum atomic E-state index is 10.4. The van der Waals surface area contributed by atoms with E-state index in [4.69, 9.17) is 9.47 Å². The van der Waals surface area contributed by atoms with Crippen LogP contribution in [0.1, 0.15) is 37.3 Å². The van der Waals surface area contributed by atoms with Crippen molar-refractivity contribution in [3.63, 3.8) is 0 Å². The van der Waals surface area contributed by atoms with E-state index in [2.05, 4.69) is 31.2 Å². The lowest BCUT2D eigenvalue weighted by atomic mass is 9.88. The van der Waals surface area contributed by atoms with Gasteiger partial charge in [0.25, 0.3) is 0 Å². The van der Waals surface area contributed by atoms with Gasteiger partial charge in [0.1, 0.15) is 6.10 Å². The van der Waals surface area contributed by atoms with Gasteiger partial charge in [-0.3, -0.25) is 0 Å². The molecule has 1 aliphatic heterocycles. The average molecular weight is 367 g/mol. The van der Waals surface area contributed by atoms with Crippen LogP contribution in [0.15, 0.2) is 66.7 Å². The Balaban J connectivity index is 1.43. The highest BCUT2D eigenvalue weighted by Crippen LogP contribution is 2.29. The van der Waals surface area contributed by atoms with E-state index in [-0.39, 0.29) is 12.2 Å². The van der Waals surface area contributed by atoms with Crippen molar-refractivity contribution in [1.29, 1.82) is 0 Å². The summed E-state index contributed by atoms with van der Waals surface area (Å²) in [5.74, 6) is 0.357. The lowest BCUT2D eigenvalue weighted by Crippen LogP contribution is -2.42. The average Bonchev–Trinajstić information content (AvgIpc) is 2.70. The predicted molar refractivity (Wildman–Crippen MR) is 109 cm³/mol. The van der Waals surface area contributed by atoms with Crippen LogP contribution in [0.3, 0.4) is 0 Å². The maximum absolute atomic E-state index is 10.4. The minimum absolute atomic E-state index is 0.166. The first-order valence-corrected chi connectivity index (χ1v) is 9.91. The molecule has 1 N–H and O–H groups in total. The standard InChI is InChI=1S/C24H30O3/c1-19-17-22(25)24(15-14-20-9-4-2-5-10-20)27-23(19)13-8-16-26-18-21-11-6-3-7-12-21/h2-7,9-12,14-15,19,22-25H,8,13,16-18H2,1H3/b15-14+/t19-,22-,23-,24+/m0/s1. The van der Waals surface area contributed by atoms with Crippen LogP contribution in [0.25, 0.3) is 6.08 Å². The molecule has 2 aromatic carbocycles. The van der Waals surface area contributed by atoms with E-state index in [1.54, 1.807) is 0 Å². The topological polar surface area (TPSA) is 38.7 Å². The van der Waals surface area contributed by atoms with Gasteiger partial charge in [-0.2, -0.15) is 0 Å². The maximum Gasteiger partial charge on any atom is 0.102 e. The third kappa shape index (κ3) is 6.31. The molecule has 1 aliphatic rings.